The van der Waals surface area contributed by atoms with Gasteiger partial charge in [-0.25, -0.2) is 14.3 Å². The van der Waals surface area contributed by atoms with Crippen molar-refractivity contribution in [2.45, 2.75) is 58.8 Å². The Bertz CT molecular complexity index is 2520. The number of para-hydroxylation sites is 1. The molecule has 0 aliphatic carbocycles. The van der Waals surface area contributed by atoms with Crippen molar-refractivity contribution in [1.29, 1.82) is 0 Å². The lowest BCUT2D eigenvalue weighted by Gasteiger charge is -2.27. The van der Waals surface area contributed by atoms with Gasteiger partial charge in [0.15, 0.2) is 12.9 Å². The fourth-order valence-electron chi connectivity index (χ4n) is 7.39. The Kier molecular flexibility index (Phi) is 11.5. The molecular formula is C45H42N3O9P. The van der Waals surface area contributed by atoms with E-state index in [1.54, 1.807) is 10.6 Å². The minimum absolute atomic E-state index is 0.0562. The number of fused-ring (bicyclic) bond motifs is 5. The van der Waals surface area contributed by atoms with E-state index in [4.69, 9.17) is 28.0 Å². The number of esters is 1. The van der Waals surface area contributed by atoms with Crippen molar-refractivity contribution in [3.8, 4) is 11.4 Å². The summed E-state index contributed by atoms with van der Waals surface area (Å²) in [5, 5.41) is 0.938. The van der Waals surface area contributed by atoms with Gasteiger partial charge >= 0.3 is 13.8 Å². The van der Waals surface area contributed by atoms with Gasteiger partial charge in [-0.05, 0) is 61.2 Å². The zero-order chi connectivity index (χ0) is 40.2. The zero-order valence-corrected chi connectivity index (χ0v) is 33.0. The van der Waals surface area contributed by atoms with Crippen LogP contribution in [0.3, 0.4) is 0 Å². The lowest BCUT2D eigenvalue weighted by Crippen LogP contribution is -2.38. The molecule has 296 valence electrons. The summed E-state index contributed by atoms with van der Waals surface area (Å²) >= 11 is 0. The molecule has 12 nitrogen and oxygen atoms in total. The van der Waals surface area contributed by atoms with E-state index in [1.165, 1.54) is 0 Å². The van der Waals surface area contributed by atoms with Crippen molar-refractivity contribution >= 4 is 30.6 Å². The number of benzene rings is 4. The number of hydrogen-bond acceptors (Lipinski definition) is 10. The number of pyridine rings is 2. The smallest absolute Gasteiger partial charge is 0.458 e. The number of carbonyl (C=O) groups is 2. The van der Waals surface area contributed by atoms with Crippen molar-refractivity contribution in [2.24, 2.45) is 0 Å². The van der Waals surface area contributed by atoms with Crippen LogP contribution in [0, 0.1) is 0 Å². The molecule has 0 saturated carbocycles. The molecule has 1 amide bonds. The van der Waals surface area contributed by atoms with Crippen molar-refractivity contribution < 1.29 is 37.2 Å². The lowest BCUT2D eigenvalue weighted by atomic mass is 9.96. The van der Waals surface area contributed by atoms with Gasteiger partial charge in [0.05, 0.1) is 42.2 Å². The van der Waals surface area contributed by atoms with E-state index in [-0.39, 0.29) is 49.4 Å². The quantitative estimate of drug-likeness (QED) is 0.0568. The van der Waals surface area contributed by atoms with Gasteiger partial charge in [0, 0.05) is 34.7 Å². The molecule has 1 atom stereocenters. The van der Waals surface area contributed by atoms with Crippen LogP contribution in [0.25, 0.3) is 22.3 Å². The second-order valence-electron chi connectivity index (χ2n) is 14.4. The van der Waals surface area contributed by atoms with Gasteiger partial charge in [0.2, 0.25) is 0 Å². The number of carbonyl (C=O) groups excluding carboxylic acids is 2. The van der Waals surface area contributed by atoms with Crippen LogP contribution in [-0.2, 0) is 65.2 Å². The summed E-state index contributed by atoms with van der Waals surface area (Å²) in [5.41, 5.74) is 6.08. The summed E-state index contributed by atoms with van der Waals surface area (Å²) in [4.78, 5) is 48.0. The maximum atomic E-state index is 14.2. The number of rotatable bonds is 15. The fraction of sp³-hybridized carbons (Fsp3) is 0.244. The third-order valence-corrected chi connectivity index (χ3v) is 11.7. The minimum Gasteiger partial charge on any atom is -0.458 e. The molecule has 2 aliphatic rings. The Morgan fingerprint density at radius 2 is 1.47 bits per heavy atom. The number of phosphoric ester groups is 1. The highest BCUT2D eigenvalue weighted by Crippen LogP contribution is 2.51. The molecule has 2 aromatic heterocycles. The van der Waals surface area contributed by atoms with Gasteiger partial charge in [-0.15, -0.1) is 0 Å². The third-order valence-electron chi connectivity index (χ3n) is 10.4. The molecule has 0 N–H and O–H groups in total. The monoisotopic (exact) mass is 799 g/mol. The first-order valence-electron chi connectivity index (χ1n) is 19.1. The van der Waals surface area contributed by atoms with Crippen molar-refractivity contribution in [3.05, 3.63) is 171 Å². The number of ether oxygens (including phenoxy) is 2. The molecule has 0 spiro atoms. The van der Waals surface area contributed by atoms with Crippen molar-refractivity contribution in [1.82, 2.24) is 14.5 Å². The maximum Gasteiger partial charge on any atom is 0.477 e. The van der Waals surface area contributed by atoms with Crippen LogP contribution in [0.5, 0.6) is 0 Å². The molecule has 0 bridgehead atoms. The van der Waals surface area contributed by atoms with E-state index in [0.717, 1.165) is 33.2 Å². The van der Waals surface area contributed by atoms with Crippen LogP contribution in [0.1, 0.15) is 63.7 Å². The van der Waals surface area contributed by atoms with E-state index >= 15 is 0 Å². The number of nitrogens with zero attached hydrogens (tertiary/aromatic N) is 3. The molecular weight excluding hydrogens is 757 g/mol. The second-order valence-corrected chi connectivity index (χ2v) is 16.0. The van der Waals surface area contributed by atoms with E-state index in [2.05, 4.69) is 0 Å². The second kappa shape index (κ2) is 17.0. The fourth-order valence-corrected chi connectivity index (χ4v) is 8.42. The Balaban J connectivity index is 1.07. The van der Waals surface area contributed by atoms with Crippen molar-refractivity contribution in [3.63, 3.8) is 0 Å². The van der Waals surface area contributed by atoms with Gasteiger partial charge in [0.1, 0.15) is 6.61 Å². The summed E-state index contributed by atoms with van der Waals surface area (Å²) < 4.78 is 44.0. The molecule has 4 heterocycles. The summed E-state index contributed by atoms with van der Waals surface area (Å²) in [5.74, 6) is -0.785. The molecule has 0 radical (unpaired) electrons. The molecule has 4 aromatic carbocycles. The topological polar surface area (TPSA) is 135 Å². The summed E-state index contributed by atoms with van der Waals surface area (Å²) in [7, 11) is -4.24. The number of hydrogen-bond donors (Lipinski definition) is 0. The molecule has 0 unspecified atom stereocenters. The average Bonchev–Trinajstić information content (AvgIpc) is 3.62. The number of aromatic nitrogens is 2. The number of cyclic esters (lactones) is 1. The maximum absolute atomic E-state index is 14.2. The molecule has 0 fully saturated rings. The molecule has 13 heteroatoms. The van der Waals surface area contributed by atoms with E-state index in [0.29, 0.717) is 35.5 Å². The first kappa shape index (κ1) is 39.1. The molecule has 6 aromatic rings. The number of phosphoric acid groups is 1. The summed E-state index contributed by atoms with van der Waals surface area (Å²) in [6.45, 7) is 3.65. The van der Waals surface area contributed by atoms with E-state index in [9.17, 15) is 18.9 Å². The van der Waals surface area contributed by atoms with Gasteiger partial charge in [-0.3, -0.25) is 23.2 Å². The normalized spacial score (nSPS) is 14.5. The highest BCUT2D eigenvalue weighted by atomic mass is 31.2. The lowest BCUT2D eigenvalue weighted by molar-refractivity contribution is -0.168. The predicted molar refractivity (Wildman–Crippen MR) is 217 cm³/mol. The zero-order valence-electron chi connectivity index (χ0n) is 32.1. The van der Waals surface area contributed by atoms with Gasteiger partial charge < -0.3 is 18.9 Å². The van der Waals surface area contributed by atoms with Gasteiger partial charge in [-0.2, -0.15) is 0 Å². The standard InChI is InChI=1S/C45H42N3O9P/c1-30(2)47(43(49)33-18-10-5-11-19-33)23-22-34-35-20-12-13-21-39(35)46-41-37(34)25-48-40(41)24-36-38(44(48)50)28-53-45(51)42(36)54-29-57-58(52,55-26-31-14-6-3-7-15-31)56-27-32-16-8-4-9-17-32/h3-21,24,30,42H,22-23,25-29H2,1-2H3/t42-/m0/s1. The van der Waals surface area contributed by atoms with E-state index < -0.39 is 26.7 Å². The van der Waals surface area contributed by atoms with Crippen LogP contribution >= 0.6 is 7.82 Å². The van der Waals surface area contributed by atoms with Crippen LogP contribution in [0.15, 0.2) is 126 Å². The highest BCUT2D eigenvalue weighted by Gasteiger charge is 2.38. The SMILES string of the molecule is CC(C)N(CCc1c2c(nc3ccccc13)-c1cc3c(c(=O)n1C2)COC(=O)[C@H]3OCOP(=O)(OCc1ccccc1)OCc1ccccc1)C(=O)c1ccccc1. The minimum atomic E-state index is -4.24. The summed E-state index contributed by atoms with van der Waals surface area (Å²) in [6, 6.07) is 37.0. The Morgan fingerprint density at radius 1 is 0.845 bits per heavy atom. The van der Waals surface area contributed by atoms with Gasteiger partial charge in [-0.1, -0.05) is 97.1 Å². The summed E-state index contributed by atoms with van der Waals surface area (Å²) in [6.07, 6.45) is -0.847. The van der Waals surface area contributed by atoms with E-state index in [1.807, 2.05) is 134 Å². The van der Waals surface area contributed by atoms with Crippen LogP contribution in [0.4, 0.5) is 0 Å². The van der Waals surface area contributed by atoms with Crippen LogP contribution < -0.4 is 5.56 Å². The molecule has 58 heavy (non-hydrogen) atoms. The molecule has 8 rings (SSSR count). The average molecular weight is 800 g/mol. The Hall–Kier alpha value is -5.75. The first-order chi connectivity index (χ1) is 28.2. The largest absolute Gasteiger partial charge is 0.477 e. The first-order valence-corrected chi connectivity index (χ1v) is 20.6. The van der Waals surface area contributed by atoms with Crippen LogP contribution in [0.2, 0.25) is 0 Å². The van der Waals surface area contributed by atoms with Crippen molar-refractivity contribution in [2.75, 3.05) is 13.3 Å². The number of amides is 1. The Morgan fingerprint density at radius 3 is 2.12 bits per heavy atom. The predicted octanol–water partition coefficient (Wildman–Crippen LogP) is 8.15. The third kappa shape index (κ3) is 8.16. The van der Waals surface area contributed by atoms with Gasteiger partial charge in [0.25, 0.3) is 11.5 Å². The Labute approximate surface area is 335 Å². The van der Waals surface area contributed by atoms with Crippen LogP contribution in [-0.4, -0.2) is 45.7 Å². The molecule has 0 saturated heterocycles. The molecule has 2 aliphatic heterocycles. The highest BCUT2D eigenvalue weighted by molar-refractivity contribution is 7.48.